The third-order valence-electron chi connectivity index (χ3n) is 6.08. The first-order valence-corrected chi connectivity index (χ1v) is 9.72. The van der Waals surface area contributed by atoms with E-state index in [1.165, 1.54) is 18.4 Å². The van der Waals surface area contributed by atoms with E-state index in [1.807, 2.05) is 17.0 Å². The van der Waals surface area contributed by atoms with Crippen molar-refractivity contribution in [1.29, 1.82) is 0 Å². The van der Waals surface area contributed by atoms with Crippen LogP contribution >= 0.6 is 0 Å². The Morgan fingerprint density at radius 1 is 1.28 bits per heavy atom. The van der Waals surface area contributed by atoms with Crippen molar-refractivity contribution in [3.8, 4) is 0 Å². The van der Waals surface area contributed by atoms with E-state index in [9.17, 15) is 4.79 Å². The predicted molar refractivity (Wildman–Crippen MR) is 96.3 cm³/mol. The Balaban J connectivity index is 1.26. The van der Waals surface area contributed by atoms with Crippen LogP contribution in [0.2, 0.25) is 0 Å². The van der Waals surface area contributed by atoms with Gasteiger partial charge in [0.05, 0.1) is 19.1 Å². The van der Waals surface area contributed by atoms with Crippen LogP contribution < -0.4 is 0 Å². The monoisotopic (exact) mass is 343 g/mol. The Kier molecular flexibility index (Phi) is 5.09. The van der Waals surface area contributed by atoms with Gasteiger partial charge in [0.25, 0.3) is 0 Å². The van der Waals surface area contributed by atoms with E-state index in [0.29, 0.717) is 18.3 Å². The zero-order chi connectivity index (χ0) is 17.2. The Bertz CT molecular complexity index is 613. The summed E-state index contributed by atoms with van der Waals surface area (Å²) in [6.45, 7) is 6.29. The molecule has 25 heavy (non-hydrogen) atoms. The van der Waals surface area contributed by atoms with Gasteiger partial charge in [-0.25, -0.2) is 0 Å². The Morgan fingerprint density at radius 2 is 2.12 bits per heavy atom. The standard InChI is InChI=1S/C21H29NO3/c1-15-4-2-3-5-17(15)10-21(23)22-11-19-18(14-25-20(19)12-22)8-9-24-13-16-6-7-16/h2-5,16,18-20H,6-14H2,1H3/t18-,19-,20-/m1/s1. The van der Waals surface area contributed by atoms with Gasteiger partial charge < -0.3 is 14.4 Å². The molecule has 2 heterocycles. The molecule has 2 saturated heterocycles. The first-order valence-electron chi connectivity index (χ1n) is 9.72. The highest BCUT2D eigenvalue weighted by Gasteiger charge is 2.44. The maximum absolute atomic E-state index is 12.7. The van der Waals surface area contributed by atoms with E-state index in [-0.39, 0.29) is 12.0 Å². The molecule has 0 radical (unpaired) electrons. The van der Waals surface area contributed by atoms with Crippen LogP contribution in [-0.4, -0.2) is 49.8 Å². The van der Waals surface area contributed by atoms with Crippen molar-refractivity contribution in [1.82, 2.24) is 4.90 Å². The van der Waals surface area contributed by atoms with Crippen molar-refractivity contribution in [2.24, 2.45) is 17.8 Å². The van der Waals surface area contributed by atoms with E-state index in [1.54, 1.807) is 0 Å². The zero-order valence-electron chi connectivity index (χ0n) is 15.2. The molecule has 1 aromatic rings. The molecule has 2 aliphatic heterocycles. The number of ether oxygens (including phenoxy) is 2. The number of carbonyl (C=O) groups excluding carboxylic acids is 1. The second kappa shape index (κ2) is 7.46. The van der Waals surface area contributed by atoms with Crippen LogP contribution in [0.3, 0.4) is 0 Å². The number of amides is 1. The van der Waals surface area contributed by atoms with Gasteiger partial charge in [0, 0.05) is 32.2 Å². The maximum Gasteiger partial charge on any atom is 0.227 e. The highest BCUT2D eigenvalue weighted by molar-refractivity contribution is 5.79. The summed E-state index contributed by atoms with van der Waals surface area (Å²) in [5, 5.41) is 0. The normalized spacial score (nSPS) is 28.4. The second-order valence-electron chi connectivity index (χ2n) is 8.00. The fourth-order valence-corrected chi connectivity index (χ4v) is 4.15. The maximum atomic E-state index is 12.7. The molecule has 0 bridgehead atoms. The van der Waals surface area contributed by atoms with Gasteiger partial charge in [-0.15, -0.1) is 0 Å². The summed E-state index contributed by atoms with van der Waals surface area (Å²) in [6, 6.07) is 8.16. The van der Waals surface area contributed by atoms with Crippen LogP contribution in [0, 0.1) is 24.7 Å². The van der Waals surface area contributed by atoms with Gasteiger partial charge in [-0.2, -0.15) is 0 Å². The summed E-state index contributed by atoms with van der Waals surface area (Å²) in [6.07, 6.45) is 4.48. The quantitative estimate of drug-likeness (QED) is 0.715. The molecule has 0 unspecified atom stereocenters. The smallest absolute Gasteiger partial charge is 0.227 e. The van der Waals surface area contributed by atoms with Gasteiger partial charge in [0.15, 0.2) is 0 Å². The van der Waals surface area contributed by atoms with Gasteiger partial charge in [-0.05, 0) is 49.1 Å². The van der Waals surface area contributed by atoms with Crippen molar-refractivity contribution in [3.63, 3.8) is 0 Å². The molecule has 3 atom stereocenters. The molecule has 1 aromatic carbocycles. The second-order valence-corrected chi connectivity index (χ2v) is 8.00. The van der Waals surface area contributed by atoms with Crippen LogP contribution in [0.25, 0.3) is 0 Å². The van der Waals surface area contributed by atoms with Crippen LogP contribution in [0.1, 0.15) is 30.4 Å². The van der Waals surface area contributed by atoms with E-state index in [0.717, 1.165) is 50.8 Å². The molecule has 4 rings (SSSR count). The highest BCUT2D eigenvalue weighted by atomic mass is 16.5. The third-order valence-corrected chi connectivity index (χ3v) is 6.08. The molecular formula is C21H29NO3. The van der Waals surface area contributed by atoms with Crippen LogP contribution in [0.15, 0.2) is 24.3 Å². The molecule has 0 aromatic heterocycles. The van der Waals surface area contributed by atoms with Crippen LogP contribution in [-0.2, 0) is 20.7 Å². The lowest BCUT2D eigenvalue weighted by Crippen LogP contribution is -2.32. The Hall–Kier alpha value is -1.39. The lowest BCUT2D eigenvalue weighted by atomic mass is 9.91. The molecular weight excluding hydrogens is 314 g/mol. The molecule has 136 valence electrons. The lowest BCUT2D eigenvalue weighted by molar-refractivity contribution is -0.130. The summed E-state index contributed by atoms with van der Waals surface area (Å²) in [5.41, 5.74) is 2.33. The molecule has 4 heteroatoms. The number of likely N-dealkylation sites (tertiary alicyclic amines) is 1. The van der Waals surface area contributed by atoms with E-state index in [4.69, 9.17) is 9.47 Å². The number of hydrogen-bond acceptors (Lipinski definition) is 3. The molecule has 0 N–H and O–H groups in total. The number of fused-ring (bicyclic) bond motifs is 1. The molecule has 1 amide bonds. The van der Waals surface area contributed by atoms with Gasteiger partial charge >= 0.3 is 0 Å². The SMILES string of the molecule is Cc1ccccc1CC(=O)N1C[C@@H]2[C@H](CCOCC3CC3)CO[C@@H]2C1. The van der Waals surface area contributed by atoms with E-state index >= 15 is 0 Å². The summed E-state index contributed by atoms with van der Waals surface area (Å²) in [5.74, 6) is 2.09. The summed E-state index contributed by atoms with van der Waals surface area (Å²) >= 11 is 0. The topological polar surface area (TPSA) is 38.8 Å². The highest BCUT2D eigenvalue weighted by Crippen LogP contribution is 2.36. The lowest BCUT2D eigenvalue weighted by Gasteiger charge is -2.20. The van der Waals surface area contributed by atoms with E-state index < -0.39 is 0 Å². The fraction of sp³-hybridized carbons (Fsp3) is 0.667. The summed E-state index contributed by atoms with van der Waals surface area (Å²) < 4.78 is 11.8. The Morgan fingerprint density at radius 3 is 2.92 bits per heavy atom. The average molecular weight is 343 g/mol. The van der Waals surface area contributed by atoms with Gasteiger partial charge in [-0.3, -0.25) is 4.79 Å². The summed E-state index contributed by atoms with van der Waals surface area (Å²) in [4.78, 5) is 14.7. The van der Waals surface area contributed by atoms with E-state index in [2.05, 4.69) is 19.1 Å². The Labute approximate surface area is 150 Å². The molecule has 1 saturated carbocycles. The van der Waals surface area contributed by atoms with Gasteiger partial charge in [0.2, 0.25) is 5.91 Å². The number of benzene rings is 1. The van der Waals surface area contributed by atoms with Crippen molar-refractivity contribution in [2.75, 3.05) is 32.9 Å². The van der Waals surface area contributed by atoms with Crippen molar-refractivity contribution in [2.45, 2.75) is 38.7 Å². The van der Waals surface area contributed by atoms with Crippen molar-refractivity contribution in [3.05, 3.63) is 35.4 Å². The van der Waals surface area contributed by atoms with Gasteiger partial charge in [-0.1, -0.05) is 24.3 Å². The first-order chi connectivity index (χ1) is 12.2. The number of carbonyl (C=O) groups is 1. The number of hydrogen-bond donors (Lipinski definition) is 0. The molecule has 3 aliphatic rings. The fourth-order valence-electron chi connectivity index (χ4n) is 4.15. The van der Waals surface area contributed by atoms with Crippen molar-refractivity contribution >= 4 is 5.91 Å². The minimum absolute atomic E-state index is 0.231. The minimum atomic E-state index is 0.231. The number of aryl methyl sites for hydroxylation is 1. The predicted octanol–water partition coefficient (Wildman–Crippen LogP) is 2.83. The molecule has 1 aliphatic carbocycles. The van der Waals surface area contributed by atoms with Crippen LogP contribution in [0.4, 0.5) is 0 Å². The number of rotatable bonds is 7. The molecule has 4 nitrogen and oxygen atoms in total. The molecule has 3 fully saturated rings. The number of nitrogens with zero attached hydrogens (tertiary/aromatic N) is 1. The minimum Gasteiger partial charge on any atom is -0.381 e. The zero-order valence-corrected chi connectivity index (χ0v) is 15.2. The van der Waals surface area contributed by atoms with Gasteiger partial charge in [0.1, 0.15) is 0 Å². The van der Waals surface area contributed by atoms with Crippen LogP contribution in [0.5, 0.6) is 0 Å². The first kappa shape index (κ1) is 17.0. The third kappa shape index (κ3) is 4.06. The summed E-state index contributed by atoms with van der Waals surface area (Å²) in [7, 11) is 0. The van der Waals surface area contributed by atoms with Crippen molar-refractivity contribution < 1.29 is 14.3 Å². The largest absolute Gasteiger partial charge is 0.381 e. The average Bonchev–Trinajstić information content (AvgIpc) is 3.21. The molecule has 0 spiro atoms.